The molecule has 1 aliphatic rings. The summed E-state index contributed by atoms with van der Waals surface area (Å²) in [6.07, 6.45) is 5.00. The summed E-state index contributed by atoms with van der Waals surface area (Å²) < 4.78 is 12.9. The maximum Gasteiger partial charge on any atom is 0.121 e. The Morgan fingerprint density at radius 2 is 2.20 bits per heavy atom. The average Bonchev–Trinajstić information content (AvgIpc) is 1.94. The normalized spacial score (nSPS) is 40.1. The van der Waals surface area contributed by atoms with Crippen molar-refractivity contribution < 1.29 is 4.39 Å². The van der Waals surface area contributed by atoms with Crippen molar-refractivity contribution in [2.45, 2.75) is 32.9 Å². The minimum atomic E-state index is -0.679. The van der Waals surface area contributed by atoms with Crippen LogP contribution in [0.3, 0.4) is 0 Å². The molecule has 0 aliphatic heterocycles. The Bertz CT molecular complexity index is 129. The Labute approximate surface area is 62.1 Å². The molecule has 0 amide bonds. The van der Waals surface area contributed by atoms with Gasteiger partial charge in [0.05, 0.1) is 0 Å². The number of alkyl halides is 1. The van der Waals surface area contributed by atoms with E-state index in [1.54, 1.807) is 6.08 Å². The van der Waals surface area contributed by atoms with Gasteiger partial charge in [0.25, 0.3) is 0 Å². The molecule has 0 N–H and O–H groups in total. The monoisotopic (exact) mass is 142 g/mol. The minimum Gasteiger partial charge on any atom is -0.243 e. The molecule has 0 nitrogen and oxygen atoms in total. The van der Waals surface area contributed by atoms with E-state index in [1.165, 1.54) is 0 Å². The third-order valence-electron chi connectivity index (χ3n) is 2.27. The van der Waals surface area contributed by atoms with Gasteiger partial charge in [0.15, 0.2) is 0 Å². The molecule has 0 aromatic rings. The first-order valence-electron chi connectivity index (χ1n) is 4.06. The molecule has 10 heavy (non-hydrogen) atoms. The van der Waals surface area contributed by atoms with Crippen molar-refractivity contribution in [2.75, 3.05) is 0 Å². The smallest absolute Gasteiger partial charge is 0.121 e. The third kappa shape index (κ3) is 1.59. The summed E-state index contributed by atoms with van der Waals surface area (Å²) in [6.45, 7) is 4.20. The molecule has 0 fully saturated rings. The van der Waals surface area contributed by atoms with Crippen LogP contribution in [0.25, 0.3) is 0 Å². The first-order chi connectivity index (χ1) is 4.74. The number of halogens is 1. The standard InChI is InChI=1S/C9H15F/c1-3-8-6-7(2)4-5-9(8)10/h4-5,7-9H,3,6H2,1-2H3. The van der Waals surface area contributed by atoms with E-state index < -0.39 is 6.17 Å². The van der Waals surface area contributed by atoms with Gasteiger partial charge in [-0.2, -0.15) is 0 Å². The Hall–Kier alpha value is -0.330. The molecule has 3 unspecified atom stereocenters. The first-order valence-corrected chi connectivity index (χ1v) is 4.06. The summed E-state index contributed by atoms with van der Waals surface area (Å²) in [6, 6.07) is 0. The van der Waals surface area contributed by atoms with Crippen molar-refractivity contribution in [1.82, 2.24) is 0 Å². The molecule has 0 spiro atoms. The zero-order valence-corrected chi connectivity index (χ0v) is 6.68. The molecule has 0 heterocycles. The number of hydrogen-bond donors (Lipinski definition) is 0. The van der Waals surface area contributed by atoms with Gasteiger partial charge in [-0.1, -0.05) is 32.4 Å². The van der Waals surface area contributed by atoms with E-state index in [1.807, 2.05) is 6.08 Å². The highest BCUT2D eigenvalue weighted by Crippen LogP contribution is 2.27. The predicted molar refractivity (Wildman–Crippen MR) is 41.6 cm³/mol. The van der Waals surface area contributed by atoms with E-state index in [4.69, 9.17) is 0 Å². The van der Waals surface area contributed by atoms with Gasteiger partial charge in [-0.3, -0.25) is 0 Å². The fourth-order valence-corrected chi connectivity index (χ4v) is 1.53. The Morgan fingerprint density at radius 3 is 2.70 bits per heavy atom. The van der Waals surface area contributed by atoms with Crippen LogP contribution in [0.2, 0.25) is 0 Å². The van der Waals surface area contributed by atoms with Crippen LogP contribution in [-0.4, -0.2) is 6.17 Å². The van der Waals surface area contributed by atoms with Crippen molar-refractivity contribution in [1.29, 1.82) is 0 Å². The lowest BCUT2D eigenvalue weighted by Crippen LogP contribution is -2.19. The zero-order chi connectivity index (χ0) is 7.56. The first kappa shape index (κ1) is 7.77. The second-order valence-electron chi connectivity index (χ2n) is 3.21. The van der Waals surface area contributed by atoms with E-state index in [-0.39, 0.29) is 5.92 Å². The molecule has 0 saturated heterocycles. The Morgan fingerprint density at radius 1 is 1.50 bits per heavy atom. The van der Waals surface area contributed by atoms with Gasteiger partial charge in [0.1, 0.15) is 6.17 Å². The topological polar surface area (TPSA) is 0 Å². The SMILES string of the molecule is CCC1CC(C)C=CC1F. The molecule has 1 rings (SSSR count). The van der Waals surface area contributed by atoms with Crippen molar-refractivity contribution in [3.8, 4) is 0 Å². The lowest BCUT2D eigenvalue weighted by molar-refractivity contribution is 0.232. The van der Waals surface area contributed by atoms with Gasteiger partial charge in [-0.25, -0.2) is 4.39 Å². The molecule has 0 aromatic heterocycles. The summed E-state index contributed by atoms with van der Waals surface area (Å²) in [4.78, 5) is 0. The van der Waals surface area contributed by atoms with Crippen LogP contribution in [0, 0.1) is 11.8 Å². The van der Waals surface area contributed by atoms with Crippen LogP contribution in [-0.2, 0) is 0 Å². The van der Waals surface area contributed by atoms with Crippen molar-refractivity contribution in [3.63, 3.8) is 0 Å². The highest BCUT2D eigenvalue weighted by atomic mass is 19.1. The molecule has 58 valence electrons. The molecule has 0 radical (unpaired) electrons. The quantitative estimate of drug-likeness (QED) is 0.494. The number of hydrogen-bond acceptors (Lipinski definition) is 0. The Balaban J connectivity index is 2.53. The largest absolute Gasteiger partial charge is 0.243 e. The highest BCUT2D eigenvalue weighted by Gasteiger charge is 2.22. The second-order valence-corrected chi connectivity index (χ2v) is 3.21. The zero-order valence-electron chi connectivity index (χ0n) is 6.68. The van der Waals surface area contributed by atoms with Crippen LogP contribution >= 0.6 is 0 Å². The molecule has 0 saturated carbocycles. The lowest BCUT2D eigenvalue weighted by Gasteiger charge is -2.23. The fourth-order valence-electron chi connectivity index (χ4n) is 1.53. The van der Waals surface area contributed by atoms with Crippen LogP contribution in [0.15, 0.2) is 12.2 Å². The molecular weight excluding hydrogens is 127 g/mol. The summed E-state index contributed by atoms with van der Waals surface area (Å²) >= 11 is 0. The van der Waals surface area contributed by atoms with Gasteiger partial charge in [0.2, 0.25) is 0 Å². The van der Waals surface area contributed by atoms with Gasteiger partial charge in [0, 0.05) is 0 Å². The average molecular weight is 142 g/mol. The van der Waals surface area contributed by atoms with Crippen LogP contribution in [0.1, 0.15) is 26.7 Å². The fraction of sp³-hybridized carbons (Fsp3) is 0.778. The lowest BCUT2D eigenvalue weighted by atomic mass is 9.85. The van der Waals surface area contributed by atoms with Crippen LogP contribution < -0.4 is 0 Å². The van der Waals surface area contributed by atoms with E-state index in [9.17, 15) is 4.39 Å². The maximum absolute atomic E-state index is 12.9. The highest BCUT2D eigenvalue weighted by molar-refractivity contribution is 5.00. The van der Waals surface area contributed by atoms with Gasteiger partial charge in [-0.05, 0) is 18.3 Å². The van der Waals surface area contributed by atoms with E-state index >= 15 is 0 Å². The summed E-state index contributed by atoms with van der Waals surface area (Å²) in [5, 5.41) is 0. The molecule has 1 heteroatoms. The van der Waals surface area contributed by atoms with Gasteiger partial charge >= 0.3 is 0 Å². The molecule has 1 aliphatic carbocycles. The van der Waals surface area contributed by atoms with E-state index in [0.29, 0.717) is 5.92 Å². The summed E-state index contributed by atoms with van der Waals surface area (Å²) in [7, 11) is 0. The van der Waals surface area contributed by atoms with Crippen LogP contribution in [0.5, 0.6) is 0 Å². The number of allylic oxidation sites excluding steroid dienone is 2. The van der Waals surface area contributed by atoms with E-state index in [2.05, 4.69) is 13.8 Å². The second kappa shape index (κ2) is 3.18. The molecule has 3 atom stereocenters. The Kier molecular flexibility index (Phi) is 2.47. The van der Waals surface area contributed by atoms with Crippen LogP contribution in [0.4, 0.5) is 4.39 Å². The predicted octanol–water partition coefficient (Wildman–Crippen LogP) is 2.95. The molecule has 0 bridgehead atoms. The third-order valence-corrected chi connectivity index (χ3v) is 2.27. The van der Waals surface area contributed by atoms with Crippen molar-refractivity contribution in [2.24, 2.45) is 11.8 Å². The van der Waals surface area contributed by atoms with Gasteiger partial charge < -0.3 is 0 Å². The summed E-state index contributed by atoms with van der Waals surface area (Å²) in [5.74, 6) is 0.858. The van der Waals surface area contributed by atoms with Gasteiger partial charge in [-0.15, -0.1) is 0 Å². The number of rotatable bonds is 1. The molecular formula is C9H15F. The minimum absolute atomic E-state index is 0.278. The van der Waals surface area contributed by atoms with E-state index in [0.717, 1.165) is 12.8 Å². The van der Waals surface area contributed by atoms with Crippen molar-refractivity contribution >= 4 is 0 Å². The van der Waals surface area contributed by atoms with Crippen molar-refractivity contribution in [3.05, 3.63) is 12.2 Å². The molecule has 0 aromatic carbocycles. The maximum atomic E-state index is 12.9. The summed E-state index contributed by atoms with van der Waals surface area (Å²) in [5.41, 5.74) is 0.